The molecule has 0 aromatic heterocycles. The minimum Gasteiger partial charge on any atom is -0.546 e. The van der Waals surface area contributed by atoms with Crippen LogP contribution in [0.2, 0.25) is 0 Å². The number of urea groups is 1. The average Bonchev–Trinajstić information content (AvgIpc) is 2.60. The first-order valence-electron chi connectivity index (χ1n) is 7.48. The number of aliphatic carboxylic acids is 1. The Morgan fingerprint density at radius 2 is 2.07 bits per heavy atom. The molecule has 1 aliphatic heterocycles. The first-order valence-corrected chi connectivity index (χ1v) is 8.27. The van der Waals surface area contributed by atoms with Gasteiger partial charge in [0, 0.05) is 6.54 Å². The third-order valence-corrected chi connectivity index (χ3v) is 3.98. The van der Waals surface area contributed by atoms with Gasteiger partial charge in [-0.1, -0.05) is 6.08 Å². The molecule has 0 atom stereocenters. The lowest BCUT2D eigenvalue weighted by Crippen LogP contribution is -2.54. The largest absolute Gasteiger partial charge is 0.546 e. The summed E-state index contributed by atoms with van der Waals surface area (Å²) in [6.07, 6.45) is 2.63. The second-order valence-corrected chi connectivity index (χ2v) is 6.07. The van der Waals surface area contributed by atoms with Crippen LogP contribution in [-0.2, 0) is 14.4 Å². The molecule has 1 heterocycles. The van der Waals surface area contributed by atoms with Crippen LogP contribution in [0.3, 0.4) is 0 Å². The van der Waals surface area contributed by atoms with Crippen molar-refractivity contribution in [3.63, 3.8) is 0 Å². The van der Waals surface area contributed by atoms with E-state index in [-0.39, 0.29) is 23.6 Å². The Balaban J connectivity index is 2.42. The van der Waals surface area contributed by atoms with Crippen molar-refractivity contribution in [3.8, 4) is 11.5 Å². The van der Waals surface area contributed by atoms with Crippen molar-refractivity contribution in [1.82, 2.24) is 10.2 Å². The Labute approximate surface area is 162 Å². The van der Waals surface area contributed by atoms with Crippen LogP contribution in [0.1, 0.15) is 5.56 Å². The summed E-state index contributed by atoms with van der Waals surface area (Å²) in [6.45, 7) is 2.72. The molecule has 0 bridgehead atoms. The van der Waals surface area contributed by atoms with E-state index in [1.54, 1.807) is 0 Å². The molecule has 0 unspecified atom stereocenters. The second-order valence-electron chi connectivity index (χ2n) is 5.22. The van der Waals surface area contributed by atoms with E-state index in [0.717, 1.165) is 4.90 Å². The Morgan fingerprint density at radius 3 is 2.67 bits per heavy atom. The summed E-state index contributed by atoms with van der Waals surface area (Å²) in [4.78, 5) is 47.6. The number of nitrogens with one attached hydrogen (secondary N) is 1. The summed E-state index contributed by atoms with van der Waals surface area (Å²) in [5.41, 5.74) is 0.125. The molecule has 0 saturated carbocycles. The number of carbonyl (C=O) groups is 4. The van der Waals surface area contributed by atoms with Gasteiger partial charge in [-0.25, -0.2) is 4.79 Å². The molecule has 9 nitrogen and oxygen atoms in total. The molecular weight excluding hydrogens is 424 g/mol. The summed E-state index contributed by atoms with van der Waals surface area (Å²) < 4.78 is 10.6. The van der Waals surface area contributed by atoms with Crippen LogP contribution in [0.25, 0.3) is 6.08 Å². The van der Waals surface area contributed by atoms with Crippen molar-refractivity contribution in [2.45, 2.75) is 0 Å². The number of imide groups is 2. The molecule has 1 fully saturated rings. The van der Waals surface area contributed by atoms with Gasteiger partial charge in [-0.15, -0.1) is 6.58 Å². The number of carboxylic acids is 1. The number of benzene rings is 1. The molecule has 0 spiro atoms. The third-order valence-electron chi connectivity index (χ3n) is 3.39. The fraction of sp³-hybridized carbons (Fsp3) is 0.176. The number of ether oxygens (including phenoxy) is 2. The molecule has 1 N–H and O–H groups in total. The Hall–Kier alpha value is -3.14. The smallest absolute Gasteiger partial charge is 0.331 e. The molecule has 0 aliphatic carbocycles. The van der Waals surface area contributed by atoms with Crippen molar-refractivity contribution < 1.29 is 33.8 Å². The van der Waals surface area contributed by atoms with Gasteiger partial charge in [0.25, 0.3) is 11.8 Å². The zero-order valence-electron chi connectivity index (χ0n) is 14.1. The zero-order chi connectivity index (χ0) is 20.1. The molecule has 0 radical (unpaired) electrons. The highest BCUT2D eigenvalue weighted by Crippen LogP contribution is 2.37. The topological polar surface area (TPSA) is 125 Å². The minimum atomic E-state index is -1.41. The lowest BCUT2D eigenvalue weighted by molar-refractivity contribution is -0.307. The standard InChI is InChI=1S/C17H15BrN2O7/c1-3-4-20-16(24)10(15(23)19-17(20)25)5-9-6-11(18)14(12(7-9)26-2)27-8-13(21)22/h3,5-7H,1,4,8H2,2H3,(H,21,22)(H,19,23,25)/p-1/b10-5-. The first kappa shape index (κ1) is 20.2. The Bertz CT molecular complexity index is 863. The normalized spacial score (nSPS) is 15.6. The van der Waals surface area contributed by atoms with E-state index >= 15 is 0 Å². The number of carboxylic acid groups (broad SMARTS) is 1. The maximum absolute atomic E-state index is 12.4. The number of hydrogen-bond acceptors (Lipinski definition) is 7. The SMILES string of the molecule is C=CCN1C(=O)NC(=O)/C(=C/c2cc(Br)c(OCC(=O)[O-])c(OC)c2)C1=O. The molecule has 1 aromatic carbocycles. The molecule has 1 saturated heterocycles. The van der Waals surface area contributed by atoms with Crippen LogP contribution in [0, 0.1) is 0 Å². The van der Waals surface area contributed by atoms with E-state index < -0.39 is 30.4 Å². The highest BCUT2D eigenvalue weighted by atomic mass is 79.9. The molecule has 1 aromatic rings. The fourth-order valence-corrected chi connectivity index (χ4v) is 2.82. The van der Waals surface area contributed by atoms with Crippen LogP contribution in [0.4, 0.5) is 4.79 Å². The van der Waals surface area contributed by atoms with E-state index in [0.29, 0.717) is 10.0 Å². The number of carbonyl (C=O) groups excluding carboxylic acids is 4. The highest BCUT2D eigenvalue weighted by Gasteiger charge is 2.35. The van der Waals surface area contributed by atoms with Crippen molar-refractivity contribution in [3.05, 3.63) is 40.4 Å². The van der Waals surface area contributed by atoms with Gasteiger partial charge in [-0.05, 0) is 39.7 Å². The molecule has 1 aliphatic rings. The van der Waals surface area contributed by atoms with Crippen molar-refractivity contribution in [1.29, 1.82) is 0 Å². The van der Waals surface area contributed by atoms with Gasteiger partial charge in [0.2, 0.25) is 0 Å². The second kappa shape index (κ2) is 8.49. The molecule has 10 heteroatoms. The molecule has 27 heavy (non-hydrogen) atoms. The quantitative estimate of drug-likeness (QED) is 0.367. The lowest BCUT2D eigenvalue weighted by atomic mass is 10.1. The van der Waals surface area contributed by atoms with Gasteiger partial charge in [0.15, 0.2) is 11.5 Å². The van der Waals surface area contributed by atoms with Crippen molar-refractivity contribution >= 4 is 45.8 Å². The van der Waals surface area contributed by atoms with Gasteiger partial charge < -0.3 is 19.4 Å². The Kier molecular flexibility index (Phi) is 6.35. The number of barbiturate groups is 1. The molecule has 142 valence electrons. The fourth-order valence-electron chi connectivity index (χ4n) is 2.25. The third kappa shape index (κ3) is 4.53. The first-order chi connectivity index (χ1) is 12.8. The van der Waals surface area contributed by atoms with E-state index in [4.69, 9.17) is 9.47 Å². The number of amides is 4. The summed E-state index contributed by atoms with van der Waals surface area (Å²) in [5, 5.41) is 12.6. The maximum atomic E-state index is 12.4. The lowest BCUT2D eigenvalue weighted by Gasteiger charge is -2.25. The van der Waals surface area contributed by atoms with Crippen LogP contribution in [0.5, 0.6) is 11.5 Å². The van der Waals surface area contributed by atoms with Crippen LogP contribution in [-0.4, -0.2) is 49.0 Å². The predicted molar refractivity (Wildman–Crippen MR) is 94.6 cm³/mol. The number of halogens is 1. The molecule has 2 rings (SSSR count). The van der Waals surface area contributed by atoms with Crippen LogP contribution in [0.15, 0.2) is 34.8 Å². The number of methoxy groups -OCH3 is 1. The van der Waals surface area contributed by atoms with Gasteiger partial charge in [0.1, 0.15) is 12.2 Å². The van der Waals surface area contributed by atoms with E-state index in [1.165, 1.54) is 31.4 Å². The van der Waals surface area contributed by atoms with E-state index in [2.05, 4.69) is 27.8 Å². The van der Waals surface area contributed by atoms with Gasteiger partial charge in [0.05, 0.1) is 17.6 Å². The van der Waals surface area contributed by atoms with E-state index in [9.17, 15) is 24.3 Å². The molecule has 4 amide bonds. The van der Waals surface area contributed by atoms with Crippen molar-refractivity contribution in [2.24, 2.45) is 0 Å². The van der Waals surface area contributed by atoms with E-state index in [1.807, 2.05) is 0 Å². The zero-order valence-corrected chi connectivity index (χ0v) is 15.7. The minimum absolute atomic E-state index is 0.0572. The summed E-state index contributed by atoms with van der Waals surface area (Å²) >= 11 is 3.22. The van der Waals surface area contributed by atoms with Crippen LogP contribution >= 0.6 is 15.9 Å². The number of rotatable bonds is 7. The highest BCUT2D eigenvalue weighted by molar-refractivity contribution is 9.10. The van der Waals surface area contributed by atoms with Gasteiger partial charge in [-0.2, -0.15) is 0 Å². The van der Waals surface area contributed by atoms with Crippen LogP contribution < -0.4 is 19.9 Å². The molecular formula is C17H14BrN2O7-. The number of nitrogens with zero attached hydrogens (tertiary/aromatic N) is 1. The maximum Gasteiger partial charge on any atom is 0.331 e. The average molecular weight is 438 g/mol. The predicted octanol–water partition coefficient (Wildman–Crippen LogP) is 0.234. The summed E-state index contributed by atoms with van der Waals surface area (Å²) in [6, 6.07) is 2.11. The van der Waals surface area contributed by atoms with Gasteiger partial charge >= 0.3 is 6.03 Å². The number of hydrogen-bond donors (Lipinski definition) is 1. The summed E-state index contributed by atoms with van der Waals surface area (Å²) in [5.74, 6) is -2.73. The monoisotopic (exact) mass is 437 g/mol. The van der Waals surface area contributed by atoms with Gasteiger partial charge in [-0.3, -0.25) is 19.8 Å². The van der Waals surface area contributed by atoms with Crippen molar-refractivity contribution in [2.75, 3.05) is 20.3 Å². The Morgan fingerprint density at radius 1 is 1.37 bits per heavy atom. The summed E-state index contributed by atoms with van der Waals surface area (Å²) in [7, 11) is 1.34.